The molecule has 0 bridgehead atoms. The Bertz CT molecular complexity index is 443. The number of benzene rings is 1. The van der Waals surface area contributed by atoms with Crippen molar-refractivity contribution in [2.75, 3.05) is 6.54 Å². The molecule has 0 aliphatic rings. The maximum absolute atomic E-state index is 11.8. The zero-order chi connectivity index (χ0) is 13.5. The Morgan fingerprint density at radius 2 is 2.00 bits per heavy atom. The highest BCUT2D eigenvalue weighted by Gasteiger charge is 2.08. The number of carboxylic acids is 1. The highest BCUT2D eigenvalue weighted by molar-refractivity contribution is 5.95. The lowest BCUT2D eigenvalue weighted by atomic mass is 10.1. The molecule has 1 amide bonds. The van der Waals surface area contributed by atoms with Crippen molar-refractivity contribution in [1.82, 2.24) is 5.32 Å². The first kappa shape index (κ1) is 14.0. The van der Waals surface area contributed by atoms with Gasteiger partial charge in [0.05, 0.1) is 0 Å². The first-order valence-corrected chi connectivity index (χ1v) is 5.80. The summed E-state index contributed by atoms with van der Waals surface area (Å²) in [5, 5.41) is 20.4. The molecule has 18 heavy (non-hydrogen) atoms. The van der Waals surface area contributed by atoms with Gasteiger partial charge in [-0.1, -0.05) is 0 Å². The molecule has 5 nitrogen and oxygen atoms in total. The molecule has 98 valence electrons. The molecule has 5 heteroatoms. The SMILES string of the molecule is Cc1cc(O)ccc1C(=O)NCCCCC(=O)O. The minimum atomic E-state index is -0.823. The number of amides is 1. The summed E-state index contributed by atoms with van der Waals surface area (Å²) in [7, 11) is 0. The maximum atomic E-state index is 11.8. The van der Waals surface area contributed by atoms with Crippen LogP contribution in [0.4, 0.5) is 0 Å². The van der Waals surface area contributed by atoms with Gasteiger partial charge in [0.15, 0.2) is 0 Å². The number of phenolic OH excluding ortho intramolecular Hbond substituents is 1. The average molecular weight is 251 g/mol. The van der Waals surface area contributed by atoms with Gasteiger partial charge < -0.3 is 15.5 Å². The number of hydrogen-bond acceptors (Lipinski definition) is 3. The fraction of sp³-hybridized carbons (Fsp3) is 0.385. The third kappa shape index (κ3) is 4.45. The normalized spacial score (nSPS) is 10.1. The molecule has 1 aromatic carbocycles. The van der Waals surface area contributed by atoms with Gasteiger partial charge in [-0.3, -0.25) is 9.59 Å². The van der Waals surface area contributed by atoms with E-state index in [1.54, 1.807) is 13.0 Å². The molecule has 0 unspecified atom stereocenters. The van der Waals surface area contributed by atoms with Crippen molar-refractivity contribution in [3.05, 3.63) is 29.3 Å². The van der Waals surface area contributed by atoms with E-state index in [2.05, 4.69) is 5.32 Å². The van der Waals surface area contributed by atoms with Crippen LogP contribution in [0.5, 0.6) is 5.75 Å². The molecule has 0 aromatic heterocycles. The molecular formula is C13H17NO4. The Hall–Kier alpha value is -2.04. The van der Waals surface area contributed by atoms with Crippen LogP contribution >= 0.6 is 0 Å². The number of unbranched alkanes of at least 4 members (excludes halogenated alkanes) is 1. The van der Waals surface area contributed by atoms with Gasteiger partial charge in [-0.15, -0.1) is 0 Å². The van der Waals surface area contributed by atoms with E-state index in [1.807, 2.05) is 0 Å². The predicted molar refractivity (Wildman–Crippen MR) is 66.7 cm³/mol. The third-order valence-electron chi connectivity index (χ3n) is 2.56. The molecular weight excluding hydrogens is 234 g/mol. The smallest absolute Gasteiger partial charge is 0.303 e. The van der Waals surface area contributed by atoms with Crippen molar-refractivity contribution >= 4 is 11.9 Å². The summed E-state index contributed by atoms with van der Waals surface area (Å²) in [6.45, 7) is 2.20. The van der Waals surface area contributed by atoms with E-state index in [9.17, 15) is 14.7 Å². The Balaban J connectivity index is 2.39. The van der Waals surface area contributed by atoms with Crippen LogP contribution < -0.4 is 5.32 Å². The zero-order valence-corrected chi connectivity index (χ0v) is 10.3. The largest absolute Gasteiger partial charge is 0.508 e. The van der Waals surface area contributed by atoms with E-state index >= 15 is 0 Å². The molecule has 3 N–H and O–H groups in total. The fourth-order valence-corrected chi connectivity index (χ4v) is 1.60. The molecule has 0 spiro atoms. The Morgan fingerprint density at radius 1 is 1.28 bits per heavy atom. The van der Waals surface area contributed by atoms with Crippen LogP contribution in [0.1, 0.15) is 35.2 Å². The summed E-state index contributed by atoms with van der Waals surface area (Å²) in [6.07, 6.45) is 1.30. The summed E-state index contributed by atoms with van der Waals surface area (Å²) in [4.78, 5) is 22.0. The number of rotatable bonds is 6. The quantitative estimate of drug-likeness (QED) is 0.671. The average Bonchev–Trinajstić information content (AvgIpc) is 2.27. The van der Waals surface area contributed by atoms with Gasteiger partial charge in [-0.25, -0.2) is 0 Å². The van der Waals surface area contributed by atoms with Crippen LogP contribution in [0, 0.1) is 6.92 Å². The number of aryl methyl sites for hydroxylation is 1. The summed E-state index contributed by atoms with van der Waals surface area (Å²) in [5.41, 5.74) is 1.23. The molecule has 0 atom stereocenters. The Labute approximate surface area is 105 Å². The van der Waals surface area contributed by atoms with E-state index in [0.717, 1.165) is 0 Å². The highest BCUT2D eigenvalue weighted by Crippen LogP contribution is 2.15. The first-order valence-electron chi connectivity index (χ1n) is 5.80. The lowest BCUT2D eigenvalue weighted by Gasteiger charge is -2.07. The number of carbonyl (C=O) groups excluding carboxylic acids is 1. The van der Waals surface area contributed by atoms with Gasteiger partial charge >= 0.3 is 5.97 Å². The van der Waals surface area contributed by atoms with Crippen molar-refractivity contribution in [2.24, 2.45) is 0 Å². The number of carboxylic acid groups (broad SMARTS) is 1. The van der Waals surface area contributed by atoms with Gasteiger partial charge in [-0.2, -0.15) is 0 Å². The van der Waals surface area contributed by atoms with E-state index < -0.39 is 5.97 Å². The lowest BCUT2D eigenvalue weighted by Crippen LogP contribution is -2.25. The summed E-state index contributed by atoms with van der Waals surface area (Å²) in [5.74, 6) is -0.899. The van der Waals surface area contributed by atoms with E-state index in [1.165, 1.54) is 12.1 Å². The van der Waals surface area contributed by atoms with Crippen LogP contribution in [-0.2, 0) is 4.79 Å². The molecule has 1 rings (SSSR count). The third-order valence-corrected chi connectivity index (χ3v) is 2.56. The van der Waals surface area contributed by atoms with Gasteiger partial charge in [-0.05, 0) is 43.5 Å². The van der Waals surface area contributed by atoms with Gasteiger partial charge in [0.1, 0.15) is 5.75 Å². The molecule has 0 aliphatic heterocycles. The van der Waals surface area contributed by atoms with Crippen LogP contribution in [0.25, 0.3) is 0 Å². The number of aromatic hydroxyl groups is 1. The second-order valence-corrected chi connectivity index (χ2v) is 4.11. The zero-order valence-electron chi connectivity index (χ0n) is 10.3. The lowest BCUT2D eigenvalue weighted by molar-refractivity contribution is -0.137. The second kappa shape index (κ2) is 6.64. The molecule has 0 radical (unpaired) electrons. The molecule has 1 aromatic rings. The summed E-state index contributed by atoms with van der Waals surface area (Å²) >= 11 is 0. The predicted octanol–water partition coefficient (Wildman–Crippen LogP) is 1.69. The minimum absolute atomic E-state index is 0.119. The number of carbonyl (C=O) groups is 2. The van der Waals surface area contributed by atoms with Crippen molar-refractivity contribution in [3.8, 4) is 5.75 Å². The van der Waals surface area contributed by atoms with Crippen molar-refractivity contribution < 1.29 is 19.8 Å². The van der Waals surface area contributed by atoms with E-state index in [-0.39, 0.29) is 18.1 Å². The van der Waals surface area contributed by atoms with Crippen molar-refractivity contribution in [2.45, 2.75) is 26.2 Å². The molecule has 0 heterocycles. The standard InChI is InChI=1S/C13H17NO4/c1-9-8-10(15)5-6-11(9)13(18)14-7-3-2-4-12(16)17/h5-6,8,15H,2-4,7H2,1H3,(H,14,18)(H,16,17). The number of nitrogens with one attached hydrogen (secondary N) is 1. The van der Waals surface area contributed by atoms with Crippen LogP contribution in [0.15, 0.2) is 18.2 Å². The Kier molecular flexibility index (Phi) is 5.17. The van der Waals surface area contributed by atoms with Gasteiger partial charge in [0.25, 0.3) is 5.91 Å². The first-order chi connectivity index (χ1) is 8.50. The van der Waals surface area contributed by atoms with Crippen LogP contribution in [0.3, 0.4) is 0 Å². The van der Waals surface area contributed by atoms with Crippen LogP contribution in [-0.4, -0.2) is 28.6 Å². The van der Waals surface area contributed by atoms with Crippen molar-refractivity contribution in [1.29, 1.82) is 0 Å². The monoisotopic (exact) mass is 251 g/mol. The molecule has 0 saturated carbocycles. The van der Waals surface area contributed by atoms with Crippen molar-refractivity contribution in [3.63, 3.8) is 0 Å². The molecule has 0 saturated heterocycles. The van der Waals surface area contributed by atoms with E-state index in [4.69, 9.17) is 5.11 Å². The molecule has 0 fully saturated rings. The van der Waals surface area contributed by atoms with Crippen LogP contribution in [0.2, 0.25) is 0 Å². The summed E-state index contributed by atoms with van der Waals surface area (Å²) < 4.78 is 0. The molecule has 0 aliphatic carbocycles. The number of hydrogen-bond donors (Lipinski definition) is 3. The fourth-order valence-electron chi connectivity index (χ4n) is 1.60. The van der Waals surface area contributed by atoms with E-state index in [0.29, 0.717) is 30.5 Å². The minimum Gasteiger partial charge on any atom is -0.508 e. The highest BCUT2D eigenvalue weighted by atomic mass is 16.4. The second-order valence-electron chi connectivity index (χ2n) is 4.11. The van der Waals surface area contributed by atoms with Gasteiger partial charge in [0, 0.05) is 18.5 Å². The van der Waals surface area contributed by atoms with Gasteiger partial charge in [0.2, 0.25) is 0 Å². The maximum Gasteiger partial charge on any atom is 0.303 e. The number of aliphatic carboxylic acids is 1. The number of phenols is 1. The Morgan fingerprint density at radius 3 is 2.61 bits per heavy atom. The summed E-state index contributed by atoms with van der Waals surface area (Å²) in [6, 6.07) is 4.56. The topological polar surface area (TPSA) is 86.6 Å².